The first-order valence-electron chi connectivity index (χ1n) is 9.13. The first kappa shape index (κ1) is 18.9. The predicted octanol–water partition coefficient (Wildman–Crippen LogP) is 2.44. The molecular formula is C19H27N5OS. The fraction of sp³-hybridized carbons (Fsp3) is 0.526. The Morgan fingerprint density at radius 3 is 2.42 bits per heavy atom. The Morgan fingerprint density at radius 2 is 1.81 bits per heavy atom. The van der Waals surface area contributed by atoms with Crippen LogP contribution in [-0.4, -0.2) is 68.4 Å². The highest BCUT2D eigenvalue weighted by Gasteiger charge is 2.26. The molecule has 7 heteroatoms. The summed E-state index contributed by atoms with van der Waals surface area (Å²) >= 11 is 1.48. The normalized spacial score (nSPS) is 16.7. The maximum Gasteiger partial charge on any atom is 0.235 e. The van der Waals surface area contributed by atoms with E-state index in [1.807, 2.05) is 23.4 Å². The standard InChI is InChI=1S/C19H27N5OS/c1-5-23-10-12-24(13-11-23)18(25)15(3)26-19-21-20-17(22(19)4)16-8-6-14(2)7-9-16/h6-9,15H,5,10-13H2,1-4H3. The molecule has 1 unspecified atom stereocenters. The summed E-state index contributed by atoms with van der Waals surface area (Å²) in [5, 5.41) is 9.23. The van der Waals surface area contributed by atoms with Gasteiger partial charge in [-0.15, -0.1) is 10.2 Å². The Morgan fingerprint density at radius 1 is 1.15 bits per heavy atom. The van der Waals surface area contributed by atoms with E-state index in [0.717, 1.165) is 49.3 Å². The number of aryl methyl sites for hydroxylation is 1. The molecule has 1 aromatic carbocycles. The van der Waals surface area contributed by atoms with Crippen molar-refractivity contribution in [1.82, 2.24) is 24.6 Å². The second-order valence-electron chi connectivity index (χ2n) is 6.75. The Hall–Kier alpha value is -1.86. The molecule has 1 atom stereocenters. The van der Waals surface area contributed by atoms with E-state index in [2.05, 4.69) is 53.2 Å². The lowest BCUT2D eigenvalue weighted by Gasteiger charge is -2.35. The number of carbonyl (C=O) groups excluding carboxylic acids is 1. The van der Waals surface area contributed by atoms with Crippen molar-refractivity contribution < 1.29 is 4.79 Å². The van der Waals surface area contributed by atoms with E-state index in [1.54, 1.807) is 0 Å². The Bertz CT molecular complexity index is 750. The maximum atomic E-state index is 12.8. The average Bonchev–Trinajstić information content (AvgIpc) is 3.02. The quantitative estimate of drug-likeness (QED) is 0.754. The average molecular weight is 374 g/mol. The minimum absolute atomic E-state index is 0.169. The molecular weight excluding hydrogens is 346 g/mol. The molecule has 140 valence electrons. The van der Waals surface area contributed by atoms with Crippen LogP contribution in [0.25, 0.3) is 11.4 Å². The highest BCUT2D eigenvalue weighted by atomic mass is 32.2. The third kappa shape index (κ3) is 4.10. The van der Waals surface area contributed by atoms with E-state index in [1.165, 1.54) is 17.3 Å². The SMILES string of the molecule is CCN1CCN(C(=O)C(C)Sc2nnc(-c3ccc(C)cc3)n2C)CC1. The van der Waals surface area contributed by atoms with Crippen molar-refractivity contribution in [3.05, 3.63) is 29.8 Å². The molecule has 0 aliphatic carbocycles. The van der Waals surface area contributed by atoms with Gasteiger partial charge in [-0.1, -0.05) is 48.5 Å². The van der Waals surface area contributed by atoms with E-state index >= 15 is 0 Å². The van der Waals surface area contributed by atoms with E-state index < -0.39 is 0 Å². The minimum Gasteiger partial charge on any atom is -0.339 e. The largest absolute Gasteiger partial charge is 0.339 e. The van der Waals surface area contributed by atoms with Crippen LogP contribution < -0.4 is 0 Å². The summed E-state index contributed by atoms with van der Waals surface area (Å²) in [5.41, 5.74) is 2.25. The summed E-state index contributed by atoms with van der Waals surface area (Å²) in [5.74, 6) is 1.01. The van der Waals surface area contributed by atoms with Crippen LogP contribution in [-0.2, 0) is 11.8 Å². The van der Waals surface area contributed by atoms with Gasteiger partial charge < -0.3 is 14.4 Å². The van der Waals surface area contributed by atoms with Crippen LogP contribution in [0.1, 0.15) is 19.4 Å². The number of thioether (sulfide) groups is 1. The summed E-state index contributed by atoms with van der Waals surface area (Å²) in [4.78, 5) is 17.1. The van der Waals surface area contributed by atoms with Gasteiger partial charge in [0.25, 0.3) is 0 Å². The molecule has 1 fully saturated rings. The van der Waals surface area contributed by atoms with Crippen LogP contribution in [0.15, 0.2) is 29.4 Å². The molecule has 0 radical (unpaired) electrons. The van der Waals surface area contributed by atoms with Gasteiger partial charge in [0.1, 0.15) is 0 Å². The van der Waals surface area contributed by atoms with Crippen LogP contribution >= 0.6 is 11.8 Å². The van der Waals surface area contributed by atoms with Gasteiger partial charge >= 0.3 is 0 Å². The summed E-state index contributed by atoms with van der Waals surface area (Å²) in [6.45, 7) is 10.8. The number of likely N-dealkylation sites (N-methyl/N-ethyl adjacent to an activating group) is 1. The molecule has 0 N–H and O–H groups in total. The van der Waals surface area contributed by atoms with Crippen LogP contribution in [0, 0.1) is 6.92 Å². The van der Waals surface area contributed by atoms with Crippen molar-refractivity contribution in [3.63, 3.8) is 0 Å². The number of hydrogen-bond acceptors (Lipinski definition) is 5. The smallest absolute Gasteiger partial charge is 0.235 e. The number of nitrogens with zero attached hydrogens (tertiary/aromatic N) is 5. The van der Waals surface area contributed by atoms with Crippen molar-refractivity contribution in [2.45, 2.75) is 31.2 Å². The molecule has 3 rings (SSSR count). The maximum absolute atomic E-state index is 12.8. The van der Waals surface area contributed by atoms with Crippen LogP contribution in [0.4, 0.5) is 0 Å². The number of aromatic nitrogens is 3. The molecule has 6 nitrogen and oxygen atoms in total. The number of hydrogen-bond donors (Lipinski definition) is 0. The molecule has 2 aromatic rings. The lowest BCUT2D eigenvalue weighted by atomic mass is 10.1. The zero-order valence-electron chi connectivity index (χ0n) is 16.0. The Kier molecular flexibility index (Phi) is 5.98. The molecule has 0 bridgehead atoms. The van der Waals surface area contributed by atoms with Crippen LogP contribution in [0.2, 0.25) is 0 Å². The topological polar surface area (TPSA) is 54.3 Å². The molecule has 0 spiro atoms. The lowest BCUT2D eigenvalue weighted by Crippen LogP contribution is -2.50. The van der Waals surface area contributed by atoms with Crippen molar-refractivity contribution in [2.24, 2.45) is 7.05 Å². The van der Waals surface area contributed by atoms with Gasteiger partial charge in [-0.25, -0.2) is 0 Å². The Balaban J connectivity index is 1.65. The number of amides is 1. The molecule has 0 saturated carbocycles. The monoisotopic (exact) mass is 373 g/mol. The van der Waals surface area contributed by atoms with Crippen molar-refractivity contribution >= 4 is 17.7 Å². The molecule has 1 aromatic heterocycles. The van der Waals surface area contributed by atoms with Crippen molar-refractivity contribution in [3.8, 4) is 11.4 Å². The van der Waals surface area contributed by atoms with Gasteiger partial charge in [-0.05, 0) is 20.4 Å². The molecule has 26 heavy (non-hydrogen) atoms. The summed E-state index contributed by atoms with van der Waals surface area (Å²) in [6.07, 6.45) is 0. The van der Waals surface area contributed by atoms with Crippen LogP contribution in [0.5, 0.6) is 0 Å². The number of piperazine rings is 1. The second kappa shape index (κ2) is 8.22. The zero-order chi connectivity index (χ0) is 18.7. The van der Waals surface area contributed by atoms with Gasteiger partial charge in [0.15, 0.2) is 11.0 Å². The Labute approximate surface area is 159 Å². The molecule has 1 saturated heterocycles. The van der Waals surface area contributed by atoms with Crippen molar-refractivity contribution in [2.75, 3.05) is 32.7 Å². The number of carbonyl (C=O) groups is 1. The first-order chi connectivity index (χ1) is 12.5. The molecule has 1 aliphatic rings. The van der Waals surface area contributed by atoms with E-state index in [-0.39, 0.29) is 11.2 Å². The molecule has 1 amide bonds. The van der Waals surface area contributed by atoms with Crippen molar-refractivity contribution in [1.29, 1.82) is 0 Å². The fourth-order valence-electron chi connectivity index (χ4n) is 3.12. The van der Waals surface area contributed by atoms with Gasteiger partial charge in [0.2, 0.25) is 5.91 Å². The third-order valence-electron chi connectivity index (χ3n) is 4.91. The van der Waals surface area contributed by atoms with E-state index in [0.29, 0.717) is 0 Å². The summed E-state index contributed by atoms with van der Waals surface area (Å²) in [7, 11) is 1.95. The predicted molar refractivity (Wildman–Crippen MR) is 105 cm³/mol. The zero-order valence-corrected chi connectivity index (χ0v) is 16.8. The van der Waals surface area contributed by atoms with E-state index in [9.17, 15) is 4.79 Å². The fourth-order valence-corrected chi connectivity index (χ4v) is 4.02. The summed E-state index contributed by atoms with van der Waals surface area (Å²) < 4.78 is 1.97. The van der Waals surface area contributed by atoms with Gasteiger partial charge in [0, 0.05) is 38.8 Å². The van der Waals surface area contributed by atoms with Gasteiger partial charge in [-0.3, -0.25) is 4.79 Å². The highest BCUT2D eigenvalue weighted by Crippen LogP contribution is 2.27. The minimum atomic E-state index is -0.169. The van der Waals surface area contributed by atoms with E-state index in [4.69, 9.17) is 0 Å². The molecule has 1 aliphatic heterocycles. The first-order valence-corrected chi connectivity index (χ1v) is 10.0. The van der Waals surface area contributed by atoms with Gasteiger partial charge in [-0.2, -0.15) is 0 Å². The second-order valence-corrected chi connectivity index (χ2v) is 8.06. The lowest BCUT2D eigenvalue weighted by molar-refractivity contribution is -0.132. The summed E-state index contributed by atoms with van der Waals surface area (Å²) in [6, 6.07) is 8.24. The molecule has 2 heterocycles. The highest BCUT2D eigenvalue weighted by molar-refractivity contribution is 8.00. The number of rotatable bonds is 5. The third-order valence-corrected chi connectivity index (χ3v) is 6.03. The van der Waals surface area contributed by atoms with Gasteiger partial charge in [0.05, 0.1) is 5.25 Å². The number of benzene rings is 1. The van der Waals surface area contributed by atoms with Crippen LogP contribution in [0.3, 0.4) is 0 Å².